The predicted octanol–water partition coefficient (Wildman–Crippen LogP) is 1.22. The van der Waals surface area contributed by atoms with Gasteiger partial charge in [-0.3, -0.25) is 9.98 Å². The van der Waals surface area contributed by atoms with Crippen LogP contribution >= 0.6 is 0 Å². The molecule has 14 heavy (non-hydrogen) atoms. The van der Waals surface area contributed by atoms with Gasteiger partial charge in [-0.05, 0) is 23.8 Å². The van der Waals surface area contributed by atoms with Gasteiger partial charge in [0.1, 0.15) is 6.04 Å². The summed E-state index contributed by atoms with van der Waals surface area (Å²) in [6.45, 7) is 0. The minimum atomic E-state index is -0.927. The second-order valence-corrected chi connectivity index (χ2v) is 2.91. The molecule has 1 N–H and O–H groups in total. The van der Waals surface area contributed by atoms with Crippen molar-refractivity contribution in [1.29, 1.82) is 0 Å². The van der Waals surface area contributed by atoms with Crippen molar-refractivity contribution in [3.05, 3.63) is 41.7 Å². The summed E-state index contributed by atoms with van der Waals surface area (Å²) in [4.78, 5) is 18.8. The quantitative estimate of drug-likeness (QED) is 0.758. The smallest absolute Gasteiger partial charge is 0.334 e. The fourth-order valence-electron chi connectivity index (χ4n) is 1.38. The number of aromatic nitrogens is 1. The van der Waals surface area contributed by atoms with Crippen molar-refractivity contribution in [2.75, 3.05) is 0 Å². The highest BCUT2D eigenvalue weighted by Crippen LogP contribution is 2.28. The second kappa shape index (κ2) is 3.41. The molecule has 1 atom stereocenters. The molecule has 4 nitrogen and oxygen atoms in total. The van der Waals surface area contributed by atoms with E-state index in [2.05, 4.69) is 9.98 Å². The van der Waals surface area contributed by atoms with E-state index in [4.69, 9.17) is 5.11 Å². The third-order valence-electron chi connectivity index (χ3n) is 2.05. The molecule has 0 bridgehead atoms. The van der Waals surface area contributed by atoms with Crippen molar-refractivity contribution in [3.63, 3.8) is 0 Å². The highest BCUT2D eigenvalue weighted by molar-refractivity contribution is 5.96. The lowest BCUT2D eigenvalue weighted by Crippen LogP contribution is -2.06. The van der Waals surface area contributed by atoms with Crippen molar-refractivity contribution >= 4 is 12.2 Å². The normalized spacial score (nSPS) is 19.4. The maximum Gasteiger partial charge on any atom is 0.334 e. The molecule has 2 heterocycles. The Bertz CT molecular complexity index is 409. The van der Waals surface area contributed by atoms with Gasteiger partial charge in [0, 0.05) is 18.6 Å². The van der Waals surface area contributed by atoms with Gasteiger partial charge in [-0.25, -0.2) is 4.79 Å². The summed E-state index contributed by atoms with van der Waals surface area (Å²) in [7, 11) is 0. The maximum absolute atomic E-state index is 10.8. The number of rotatable bonds is 2. The first-order chi connectivity index (χ1) is 6.79. The molecular weight excluding hydrogens is 180 g/mol. The number of hydrogen-bond donors (Lipinski definition) is 1. The first-order valence-corrected chi connectivity index (χ1v) is 4.15. The molecule has 1 aliphatic rings. The van der Waals surface area contributed by atoms with Gasteiger partial charge >= 0.3 is 5.97 Å². The maximum atomic E-state index is 10.8. The van der Waals surface area contributed by atoms with Gasteiger partial charge in [0.2, 0.25) is 0 Å². The second-order valence-electron chi connectivity index (χ2n) is 2.91. The highest BCUT2D eigenvalue weighted by Gasteiger charge is 2.23. The molecule has 0 radical (unpaired) electrons. The average molecular weight is 188 g/mol. The summed E-state index contributed by atoms with van der Waals surface area (Å²) in [6.07, 6.45) is 6.30. The number of carboxylic acids is 1. The lowest BCUT2D eigenvalue weighted by Gasteiger charge is -2.08. The van der Waals surface area contributed by atoms with E-state index in [9.17, 15) is 4.79 Å². The zero-order valence-electron chi connectivity index (χ0n) is 7.29. The fourth-order valence-corrected chi connectivity index (χ4v) is 1.38. The summed E-state index contributed by atoms with van der Waals surface area (Å²) >= 11 is 0. The van der Waals surface area contributed by atoms with Crippen LogP contribution in [-0.4, -0.2) is 22.3 Å². The number of aliphatic carboxylic acids is 1. The highest BCUT2D eigenvalue weighted by atomic mass is 16.4. The van der Waals surface area contributed by atoms with E-state index >= 15 is 0 Å². The average Bonchev–Trinajstić information content (AvgIpc) is 2.67. The van der Waals surface area contributed by atoms with Crippen molar-refractivity contribution < 1.29 is 9.90 Å². The summed E-state index contributed by atoms with van der Waals surface area (Å²) in [5, 5.41) is 8.88. The van der Waals surface area contributed by atoms with Crippen LogP contribution in [0.2, 0.25) is 0 Å². The van der Waals surface area contributed by atoms with Gasteiger partial charge in [0.25, 0.3) is 0 Å². The third-order valence-corrected chi connectivity index (χ3v) is 2.05. The number of hydrogen-bond acceptors (Lipinski definition) is 3. The summed E-state index contributed by atoms with van der Waals surface area (Å²) < 4.78 is 0. The van der Waals surface area contributed by atoms with Gasteiger partial charge in [-0.2, -0.15) is 0 Å². The van der Waals surface area contributed by atoms with Crippen molar-refractivity contribution in [1.82, 2.24) is 4.98 Å². The van der Waals surface area contributed by atoms with Crippen molar-refractivity contribution in [2.24, 2.45) is 4.99 Å². The lowest BCUT2D eigenvalue weighted by atomic mass is 10.0. The lowest BCUT2D eigenvalue weighted by molar-refractivity contribution is -0.132. The van der Waals surface area contributed by atoms with E-state index in [1.54, 1.807) is 24.5 Å². The van der Waals surface area contributed by atoms with Crippen LogP contribution in [0.25, 0.3) is 0 Å². The molecule has 1 aromatic heterocycles. The first-order valence-electron chi connectivity index (χ1n) is 4.15. The fraction of sp³-hybridized carbons (Fsp3) is 0.100. The Hall–Kier alpha value is -1.97. The zero-order chi connectivity index (χ0) is 9.97. The molecule has 0 aromatic carbocycles. The summed E-state index contributed by atoms with van der Waals surface area (Å²) in [6, 6.07) is 3.16. The van der Waals surface area contributed by atoms with Gasteiger partial charge in [0.05, 0.1) is 5.57 Å². The van der Waals surface area contributed by atoms with E-state index in [0.29, 0.717) is 5.57 Å². The van der Waals surface area contributed by atoms with Gasteiger partial charge in [-0.1, -0.05) is 0 Å². The molecule has 1 unspecified atom stereocenters. The van der Waals surface area contributed by atoms with Crippen LogP contribution < -0.4 is 0 Å². The predicted molar refractivity (Wildman–Crippen MR) is 51.2 cm³/mol. The molecule has 4 heteroatoms. The molecule has 0 amide bonds. The van der Waals surface area contributed by atoms with Crippen LogP contribution in [0.3, 0.4) is 0 Å². The molecule has 1 aromatic rings. The number of allylic oxidation sites excluding steroid dienone is 1. The standard InChI is InChI=1S/C10H8N2O2/c13-10(14)8-3-6-12-9(8)7-1-4-11-5-2-7/h1-6,9H,(H,13,14). The van der Waals surface area contributed by atoms with Crippen LogP contribution in [0.15, 0.2) is 41.2 Å². The van der Waals surface area contributed by atoms with Crippen LogP contribution in [0.5, 0.6) is 0 Å². The number of pyridine rings is 1. The number of aliphatic imine (C=N–C) groups is 1. The molecule has 0 saturated heterocycles. The number of carbonyl (C=O) groups is 1. The SMILES string of the molecule is O=C(O)C1=CC=NC1c1ccncc1. The van der Waals surface area contributed by atoms with Crippen LogP contribution in [0.1, 0.15) is 11.6 Å². The molecule has 1 aliphatic heterocycles. The Kier molecular flexibility index (Phi) is 2.10. The Morgan fingerprint density at radius 3 is 2.71 bits per heavy atom. The van der Waals surface area contributed by atoms with E-state index in [-0.39, 0.29) is 6.04 Å². The van der Waals surface area contributed by atoms with Gasteiger partial charge in [-0.15, -0.1) is 0 Å². The molecule has 0 saturated carbocycles. The van der Waals surface area contributed by atoms with E-state index in [1.807, 2.05) is 0 Å². The molecule has 0 spiro atoms. The number of nitrogens with zero attached hydrogens (tertiary/aromatic N) is 2. The minimum Gasteiger partial charge on any atom is -0.478 e. The van der Waals surface area contributed by atoms with Crippen LogP contribution in [-0.2, 0) is 4.79 Å². The Morgan fingerprint density at radius 2 is 2.07 bits per heavy atom. The first kappa shape index (κ1) is 8.62. The molecule has 2 rings (SSSR count). The molecule has 0 fully saturated rings. The van der Waals surface area contributed by atoms with Crippen LogP contribution in [0.4, 0.5) is 0 Å². The Balaban J connectivity index is 2.33. The Morgan fingerprint density at radius 1 is 1.36 bits per heavy atom. The topological polar surface area (TPSA) is 62.5 Å². The largest absolute Gasteiger partial charge is 0.478 e. The van der Waals surface area contributed by atoms with E-state index < -0.39 is 5.97 Å². The monoisotopic (exact) mass is 188 g/mol. The van der Waals surface area contributed by atoms with Crippen molar-refractivity contribution in [2.45, 2.75) is 6.04 Å². The molecule has 70 valence electrons. The molecular formula is C10H8N2O2. The van der Waals surface area contributed by atoms with Gasteiger partial charge < -0.3 is 5.11 Å². The zero-order valence-corrected chi connectivity index (χ0v) is 7.29. The molecule has 0 aliphatic carbocycles. The third kappa shape index (κ3) is 1.42. The Labute approximate surface area is 80.6 Å². The minimum absolute atomic E-state index is 0.302. The van der Waals surface area contributed by atoms with E-state index in [1.165, 1.54) is 12.3 Å². The summed E-state index contributed by atoms with van der Waals surface area (Å²) in [5.74, 6) is -0.927. The van der Waals surface area contributed by atoms with E-state index in [0.717, 1.165) is 5.56 Å². The van der Waals surface area contributed by atoms with Gasteiger partial charge in [0.15, 0.2) is 0 Å². The summed E-state index contributed by atoms with van der Waals surface area (Å²) in [5.41, 5.74) is 1.15. The van der Waals surface area contributed by atoms with Crippen molar-refractivity contribution in [3.8, 4) is 0 Å². The number of carboxylic acid groups (broad SMARTS) is 1. The van der Waals surface area contributed by atoms with Crippen LogP contribution in [0, 0.1) is 0 Å².